The average Bonchev–Trinajstić information content (AvgIpc) is 3.27. The number of hydrogen-bond acceptors (Lipinski definition) is 11. The molecule has 1 fully saturated rings. The first-order chi connectivity index (χ1) is 29.1. The summed E-state index contributed by atoms with van der Waals surface area (Å²) in [6.07, 6.45) is 15.7. The van der Waals surface area contributed by atoms with Gasteiger partial charge in [0.15, 0.2) is 0 Å². The van der Waals surface area contributed by atoms with Gasteiger partial charge in [0.2, 0.25) is 0 Å². The molecule has 1 aliphatic rings. The van der Waals surface area contributed by atoms with Crippen LogP contribution in [0.25, 0.3) is 0 Å². The van der Waals surface area contributed by atoms with Crippen LogP contribution in [0.5, 0.6) is 11.5 Å². The van der Waals surface area contributed by atoms with E-state index >= 15 is 0 Å². The first-order valence-corrected chi connectivity index (χ1v) is 21.0. The van der Waals surface area contributed by atoms with E-state index in [0.717, 1.165) is 66.5 Å². The molecule has 0 saturated heterocycles. The van der Waals surface area contributed by atoms with Crippen molar-refractivity contribution in [3.8, 4) is 23.8 Å². The van der Waals surface area contributed by atoms with Crippen LogP contribution in [0.15, 0.2) is 78.9 Å². The van der Waals surface area contributed by atoms with Gasteiger partial charge in [-0.25, -0.2) is 9.59 Å². The summed E-state index contributed by atoms with van der Waals surface area (Å²) >= 11 is 0. The largest absolute Gasteiger partial charge is 0.494 e. The summed E-state index contributed by atoms with van der Waals surface area (Å²) < 4.78 is 32.7. The Labute approximate surface area is 354 Å². The van der Waals surface area contributed by atoms with Gasteiger partial charge in [-0.3, -0.25) is 9.59 Å². The highest BCUT2D eigenvalue weighted by Gasteiger charge is 2.31. The minimum atomic E-state index is -0.685. The molecule has 1 aliphatic carbocycles. The Balaban J connectivity index is 1.06. The molecule has 1 saturated carbocycles. The molecule has 320 valence electrons. The van der Waals surface area contributed by atoms with Crippen LogP contribution in [0.1, 0.15) is 92.5 Å². The van der Waals surface area contributed by atoms with Gasteiger partial charge in [0, 0.05) is 37.0 Å². The standard InChI is InChI=1S/C49H59NO10/c1-4-46(51)57-31-9-30-56-45-24-14-38(15-25-45)26-32-59-48(53)41-18-20-42(21-19-41)49(54)60-33-27-39-11-17-40(43(34-39)35-50)16-10-37-12-22-44(23-13-37)55-28-7-5-6-8-29-58-47(52)36(2)3/h1,11-15,17,22-25,34-35,41-42,50H,2,5-10,16,18-21,26-33H2,3H3. The SMILES string of the molecule is C#CC(=O)OCCCOc1ccc(CCOC(=O)C2CCC(C(=O)OCCc3ccc(CCc4ccc(OCCCCCCOC(=O)C(=C)C)cc4)c(C=N)c3)CC2)cc1. The molecule has 1 N–H and O–H groups in total. The van der Waals surface area contributed by atoms with E-state index in [4.69, 9.17) is 40.3 Å². The van der Waals surface area contributed by atoms with Gasteiger partial charge in [-0.15, -0.1) is 6.42 Å². The van der Waals surface area contributed by atoms with E-state index in [9.17, 15) is 19.2 Å². The van der Waals surface area contributed by atoms with Crippen LogP contribution in [0.2, 0.25) is 0 Å². The fraction of sp³-hybridized carbons (Fsp3) is 0.449. The smallest absolute Gasteiger partial charge is 0.384 e. The minimum Gasteiger partial charge on any atom is -0.494 e. The highest BCUT2D eigenvalue weighted by Crippen LogP contribution is 2.31. The highest BCUT2D eigenvalue weighted by molar-refractivity contribution is 5.87. The van der Waals surface area contributed by atoms with Gasteiger partial charge in [-0.05, 0) is 129 Å². The Kier molecular flexibility index (Phi) is 20.5. The molecule has 60 heavy (non-hydrogen) atoms. The Hall–Kier alpha value is -5.89. The van der Waals surface area contributed by atoms with E-state index in [-0.39, 0.29) is 49.6 Å². The van der Waals surface area contributed by atoms with Gasteiger partial charge in [0.1, 0.15) is 11.5 Å². The average molecular weight is 822 g/mol. The number of nitrogens with one attached hydrogen (secondary N) is 1. The summed E-state index contributed by atoms with van der Waals surface area (Å²) in [6, 6.07) is 21.8. The highest BCUT2D eigenvalue weighted by atomic mass is 16.5. The summed E-state index contributed by atoms with van der Waals surface area (Å²) in [7, 11) is 0. The number of unbranched alkanes of at least 4 members (excludes halogenated alkanes) is 3. The second-order valence-corrected chi connectivity index (χ2v) is 15.0. The summed E-state index contributed by atoms with van der Waals surface area (Å²) in [5.41, 5.74) is 5.58. The summed E-state index contributed by atoms with van der Waals surface area (Å²) in [5.74, 6) is 1.51. The first kappa shape index (κ1) is 46.8. The van der Waals surface area contributed by atoms with Gasteiger partial charge >= 0.3 is 23.9 Å². The number of carbonyl (C=O) groups is 4. The van der Waals surface area contributed by atoms with Crippen molar-refractivity contribution in [3.63, 3.8) is 0 Å². The third-order valence-electron chi connectivity index (χ3n) is 10.4. The van der Waals surface area contributed by atoms with Gasteiger partial charge in [-0.2, -0.15) is 0 Å². The number of benzene rings is 3. The molecule has 0 aliphatic heterocycles. The van der Waals surface area contributed by atoms with Crippen molar-refractivity contribution in [1.29, 1.82) is 5.41 Å². The lowest BCUT2D eigenvalue weighted by molar-refractivity contribution is -0.155. The third-order valence-corrected chi connectivity index (χ3v) is 10.4. The number of ether oxygens (including phenoxy) is 6. The van der Waals surface area contributed by atoms with E-state index < -0.39 is 5.97 Å². The molecule has 0 amide bonds. The first-order valence-electron chi connectivity index (χ1n) is 21.0. The predicted molar refractivity (Wildman–Crippen MR) is 229 cm³/mol. The normalized spacial score (nSPS) is 14.5. The Morgan fingerprint density at radius 3 is 1.68 bits per heavy atom. The van der Waals surface area contributed by atoms with Gasteiger partial charge in [-0.1, -0.05) is 43.0 Å². The quantitative estimate of drug-likeness (QED) is 0.0160. The van der Waals surface area contributed by atoms with E-state index in [1.807, 2.05) is 54.5 Å². The molecule has 3 aromatic rings. The topological polar surface area (TPSA) is 148 Å². The van der Waals surface area contributed by atoms with Crippen molar-refractivity contribution in [2.75, 3.05) is 39.6 Å². The zero-order valence-corrected chi connectivity index (χ0v) is 34.9. The van der Waals surface area contributed by atoms with E-state index in [1.54, 1.807) is 6.92 Å². The zero-order chi connectivity index (χ0) is 43.0. The minimum absolute atomic E-state index is 0.199. The molecule has 11 nitrogen and oxygen atoms in total. The second kappa shape index (κ2) is 26.3. The molecule has 0 spiro atoms. The van der Waals surface area contributed by atoms with Crippen LogP contribution >= 0.6 is 0 Å². The van der Waals surface area contributed by atoms with Crippen molar-refractivity contribution < 1.29 is 47.6 Å². The Morgan fingerprint density at radius 2 is 1.13 bits per heavy atom. The molecular weight excluding hydrogens is 763 g/mol. The van der Waals surface area contributed by atoms with Crippen LogP contribution in [-0.4, -0.2) is 69.7 Å². The molecule has 0 radical (unpaired) electrons. The van der Waals surface area contributed by atoms with Gasteiger partial charge in [0.25, 0.3) is 0 Å². The van der Waals surface area contributed by atoms with Gasteiger partial charge < -0.3 is 33.8 Å². The van der Waals surface area contributed by atoms with E-state index in [1.165, 1.54) is 11.8 Å². The summed E-state index contributed by atoms with van der Waals surface area (Å²) in [5, 5.41) is 8.00. The number of aryl methyl sites for hydroxylation is 2. The molecule has 11 heteroatoms. The lowest BCUT2D eigenvalue weighted by Crippen LogP contribution is -2.29. The van der Waals surface area contributed by atoms with Crippen molar-refractivity contribution in [2.24, 2.45) is 11.8 Å². The predicted octanol–water partition coefficient (Wildman–Crippen LogP) is 8.15. The van der Waals surface area contributed by atoms with E-state index in [2.05, 4.69) is 24.8 Å². The summed E-state index contributed by atoms with van der Waals surface area (Å²) in [4.78, 5) is 48.0. The number of carbonyl (C=O) groups excluding carboxylic acids is 4. The molecule has 0 unspecified atom stereocenters. The maximum atomic E-state index is 12.9. The van der Waals surface area contributed by atoms with Crippen molar-refractivity contribution >= 4 is 30.1 Å². The van der Waals surface area contributed by atoms with Crippen molar-refractivity contribution in [1.82, 2.24) is 0 Å². The Morgan fingerprint density at radius 1 is 0.633 bits per heavy atom. The lowest BCUT2D eigenvalue weighted by atomic mass is 9.82. The molecule has 0 atom stereocenters. The fourth-order valence-corrected chi connectivity index (χ4v) is 6.78. The lowest BCUT2D eigenvalue weighted by Gasteiger charge is -2.26. The number of rotatable bonds is 26. The van der Waals surface area contributed by atoms with Crippen LogP contribution < -0.4 is 9.47 Å². The van der Waals surface area contributed by atoms with Crippen LogP contribution in [-0.2, 0) is 63.8 Å². The monoisotopic (exact) mass is 821 g/mol. The number of esters is 4. The van der Waals surface area contributed by atoms with Crippen LogP contribution in [0, 0.1) is 29.6 Å². The molecular formula is C49H59NO10. The molecule has 4 rings (SSSR count). The van der Waals surface area contributed by atoms with Crippen molar-refractivity contribution in [2.45, 2.75) is 90.4 Å². The molecule has 3 aromatic carbocycles. The summed E-state index contributed by atoms with van der Waals surface area (Å²) in [6.45, 7) is 7.40. The molecule has 0 heterocycles. The van der Waals surface area contributed by atoms with Crippen LogP contribution in [0.4, 0.5) is 0 Å². The number of hydrogen-bond donors (Lipinski definition) is 1. The molecule has 0 aromatic heterocycles. The molecule has 0 bridgehead atoms. The van der Waals surface area contributed by atoms with Crippen molar-refractivity contribution in [3.05, 3.63) is 107 Å². The third kappa shape index (κ3) is 17.1. The second-order valence-electron chi connectivity index (χ2n) is 15.0. The number of terminal acetylenes is 1. The maximum Gasteiger partial charge on any atom is 0.384 e. The zero-order valence-electron chi connectivity index (χ0n) is 34.9. The fourth-order valence-electron chi connectivity index (χ4n) is 6.78. The Bertz CT molecular complexity index is 1890. The maximum absolute atomic E-state index is 12.9. The van der Waals surface area contributed by atoms with Gasteiger partial charge in [0.05, 0.1) is 51.5 Å². The van der Waals surface area contributed by atoms with E-state index in [0.29, 0.717) is 76.1 Å². The van der Waals surface area contributed by atoms with Crippen LogP contribution in [0.3, 0.4) is 0 Å².